The van der Waals surface area contributed by atoms with Crippen molar-refractivity contribution < 1.29 is 38.4 Å². The van der Waals surface area contributed by atoms with E-state index in [0.717, 1.165) is 0 Å². The van der Waals surface area contributed by atoms with E-state index in [9.17, 15) is 14.7 Å². The number of phenols is 1. The van der Waals surface area contributed by atoms with E-state index in [1.165, 1.54) is 39.4 Å². The lowest BCUT2D eigenvalue weighted by Crippen LogP contribution is -2.38. The Balaban J connectivity index is 2.56. The van der Waals surface area contributed by atoms with Crippen LogP contribution in [0.1, 0.15) is 11.9 Å². The molecule has 0 amide bonds. The number of phenolic OH excluding ortho intramolecular Hbond substituents is 1. The Labute approximate surface area is 150 Å². The Morgan fingerprint density at radius 3 is 2.35 bits per heavy atom. The van der Waals surface area contributed by atoms with Gasteiger partial charge in [-0.3, -0.25) is 0 Å². The molecule has 1 heterocycles. The number of carbonyl (C=O) groups is 2. The quantitative estimate of drug-likeness (QED) is 0.584. The molecule has 1 aliphatic heterocycles. The molecule has 0 radical (unpaired) electrons. The summed E-state index contributed by atoms with van der Waals surface area (Å²) in [7, 11) is 5.29. The molecule has 1 aromatic rings. The van der Waals surface area contributed by atoms with Gasteiger partial charge in [-0.15, -0.1) is 0 Å². The van der Waals surface area contributed by atoms with E-state index in [-0.39, 0.29) is 30.4 Å². The minimum absolute atomic E-state index is 0.000224. The third-order valence-electron chi connectivity index (χ3n) is 3.84. The lowest BCUT2D eigenvalue weighted by molar-refractivity contribution is -0.140. The van der Waals surface area contributed by atoms with Crippen LogP contribution in [0.2, 0.25) is 0 Å². The molecule has 9 heteroatoms. The Morgan fingerprint density at radius 1 is 1.12 bits per heavy atom. The summed E-state index contributed by atoms with van der Waals surface area (Å²) in [5, 5.41) is 10.1. The first-order valence-electron chi connectivity index (χ1n) is 7.62. The first-order valence-corrected chi connectivity index (χ1v) is 7.62. The van der Waals surface area contributed by atoms with Crippen LogP contribution in [0.3, 0.4) is 0 Å². The maximum Gasteiger partial charge on any atom is 0.355 e. The minimum Gasteiger partial charge on any atom is -0.507 e. The zero-order valence-corrected chi connectivity index (χ0v) is 15.0. The SMILES string of the molecule is COC(=O)C1=C(C(=O)OC)N(c2ccc(O)c(C(OC)OC)c2)COC1. The molecule has 0 unspecified atom stereocenters. The first-order chi connectivity index (χ1) is 12.5. The molecule has 1 N–H and O–H groups in total. The van der Waals surface area contributed by atoms with Gasteiger partial charge >= 0.3 is 11.9 Å². The maximum atomic E-state index is 12.3. The summed E-state index contributed by atoms with van der Waals surface area (Å²) in [4.78, 5) is 25.8. The van der Waals surface area contributed by atoms with E-state index in [1.807, 2.05) is 0 Å². The van der Waals surface area contributed by atoms with E-state index in [2.05, 4.69) is 0 Å². The van der Waals surface area contributed by atoms with Crippen LogP contribution >= 0.6 is 0 Å². The Hall–Kier alpha value is -2.62. The monoisotopic (exact) mass is 367 g/mol. The van der Waals surface area contributed by atoms with Crippen molar-refractivity contribution in [3.63, 3.8) is 0 Å². The summed E-state index contributed by atoms with van der Waals surface area (Å²) >= 11 is 0. The van der Waals surface area contributed by atoms with Crippen molar-refractivity contribution in [3.8, 4) is 5.75 Å². The second kappa shape index (κ2) is 8.65. The molecule has 0 spiro atoms. The summed E-state index contributed by atoms with van der Waals surface area (Å²) in [6.07, 6.45) is -0.814. The fourth-order valence-electron chi connectivity index (χ4n) is 2.60. The topological polar surface area (TPSA) is 104 Å². The van der Waals surface area contributed by atoms with Crippen LogP contribution in [0.15, 0.2) is 29.5 Å². The molecule has 0 aromatic heterocycles. The van der Waals surface area contributed by atoms with Gasteiger partial charge in [0, 0.05) is 19.9 Å². The lowest BCUT2D eigenvalue weighted by atomic mass is 10.1. The number of anilines is 1. The number of hydrogen-bond acceptors (Lipinski definition) is 9. The molecule has 1 aliphatic rings. The van der Waals surface area contributed by atoms with Crippen molar-refractivity contribution in [2.24, 2.45) is 0 Å². The number of carbonyl (C=O) groups excluding carboxylic acids is 2. The number of rotatable bonds is 6. The molecule has 26 heavy (non-hydrogen) atoms. The predicted molar refractivity (Wildman–Crippen MR) is 89.2 cm³/mol. The summed E-state index contributed by atoms with van der Waals surface area (Å²) in [6.45, 7) is -0.0862. The van der Waals surface area contributed by atoms with Crippen LogP contribution in [0.25, 0.3) is 0 Å². The molecule has 0 saturated carbocycles. The van der Waals surface area contributed by atoms with Gasteiger partial charge < -0.3 is 33.7 Å². The number of esters is 2. The van der Waals surface area contributed by atoms with E-state index in [0.29, 0.717) is 11.3 Å². The van der Waals surface area contributed by atoms with Crippen LogP contribution in [-0.2, 0) is 33.3 Å². The first kappa shape index (κ1) is 19.7. The largest absolute Gasteiger partial charge is 0.507 e. The zero-order valence-electron chi connectivity index (χ0n) is 15.0. The molecule has 0 atom stereocenters. The van der Waals surface area contributed by atoms with Gasteiger partial charge in [0.2, 0.25) is 0 Å². The van der Waals surface area contributed by atoms with Gasteiger partial charge in [0.1, 0.15) is 18.2 Å². The van der Waals surface area contributed by atoms with Crippen molar-refractivity contribution in [2.45, 2.75) is 6.29 Å². The fraction of sp³-hybridized carbons (Fsp3) is 0.412. The van der Waals surface area contributed by atoms with Crippen molar-refractivity contribution >= 4 is 17.6 Å². The highest BCUT2D eigenvalue weighted by Crippen LogP contribution is 2.34. The average Bonchev–Trinajstić information content (AvgIpc) is 2.68. The van der Waals surface area contributed by atoms with Crippen LogP contribution in [0.4, 0.5) is 5.69 Å². The van der Waals surface area contributed by atoms with Gasteiger partial charge in [-0.2, -0.15) is 0 Å². The molecular weight excluding hydrogens is 346 g/mol. The van der Waals surface area contributed by atoms with Crippen LogP contribution in [0.5, 0.6) is 5.75 Å². The molecular formula is C17H21NO8. The molecule has 0 saturated heterocycles. The summed E-state index contributed by atoms with van der Waals surface area (Å²) in [5.41, 5.74) is 0.865. The van der Waals surface area contributed by atoms with E-state index >= 15 is 0 Å². The Morgan fingerprint density at radius 2 is 1.77 bits per heavy atom. The molecule has 0 aliphatic carbocycles. The maximum absolute atomic E-state index is 12.3. The highest BCUT2D eigenvalue weighted by atomic mass is 16.7. The predicted octanol–water partition coefficient (Wildman–Crippen LogP) is 1.08. The fourth-order valence-corrected chi connectivity index (χ4v) is 2.60. The number of methoxy groups -OCH3 is 4. The second-order valence-electron chi connectivity index (χ2n) is 5.26. The number of benzene rings is 1. The van der Waals surface area contributed by atoms with Gasteiger partial charge in [-0.25, -0.2) is 9.59 Å². The van der Waals surface area contributed by atoms with Gasteiger partial charge in [-0.1, -0.05) is 0 Å². The normalized spacial score (nSPS) is 14.6. The van der Waals surface area contributed by atoms with Crippen molar-refractivity contribution in [1.29, 1.82) is 0 Å². The third kappa shape index (κ3) is 3.79. The van der Waals surface area contributed by atoms with Crippen molar-refractivity contribution in [3.05, 3.63) is 35.0 Å². The number of nitrogens with zero attached hydrogens (tertiary/aromatic N) is 1. The van der Waals surface area contributed by atoms with E-state index < -0.39 is 18.2 Å². The smallest absolute Gasteiger partial charge is 0.355 e. The minimum atomic E-state index is -0.814. The highest BCUT2D eigenvalue weighted by molar-refractivity contribution is 6.03. The highest BCUT2D eigenvalue weighted by Gasteiger charge is 2.33. The lowest BCUT2D eigenvalue weighted by Gasteiger charge is -2.31. The van der Waals surface area contributed by atoms with E-state index in [4.69, 9.17) is 23.7 Å². The molecule has 1 aromatic carbocycles. The average molecular weight is 367 g/mol. The van der Waals surface area contributed by atoms with Gasteiger partial charge in [0.05, 0.1) is 32.0 Å². The second-order valence-corrected chi connectivity index (χ2v) is 5.26. The van der Waals surface area contributed by atoms with Gasteiger partial charge in [0.15, 0.2) is 6.29 Å². The molecule has 142 valence electrons. The standard InChI is InChI=1S/C17H21NO8/c1-22-15(20)12-8-26-9-18(14(12)16(21)23-2)10-5-6-13(19)11(7-10)17(24-3)25-4/h5-7,17,19H,8-9H2,1-4H3. The summed E-state index contributed by atoms with van der Waals surface area (Å²) < 4.78 is 25.3. The number of hydrogen-bond donors (Lipinski definition) is 1. The van der Waals surface area contributed by atoms with Crippen molar-refractivity contribution in [2.75, 3.05) is 46.7 Å². The number of aromatic hydroxyl groups is 1. The Bertz CT molecular complexity index is 711. The van der Waals surface area contributed by atoms with Crippen LogP contribution in [0, 0.1) is 0 Å². The Kier molecular flexibility index (Phi) is 6.56. The molecule has 9 nitrogen and oxygen atoms in total. The summed E-state index contributed by atoms with van der Waals surface area (Å²) in [5.74, 6) is -1.45. The van der Waals surface area contributed by atoms with Crippen LogP contribution < -0.4 is 4.90 Å². The molecule has 2 rings (SSSR count). The van der Waals surface area contributed by atoms with Crippen molar-refractivity contribution in [1.82, 2.24) is 0 Å². The van der Waals surface area contributed by atoms with E-state index in [1.54, 1.807) is 12.1 Å². The molecule has 0 bridgehead atoms. The van der Waals surface area contributed by atoms with Crippen LogP contribution in [-0.4, -0.2) is 58.8 Å². The summed E-state index contributed by atoms with van der Waals surface area (Å²) in [6, 6.07) is 4.56. The zero-order chi connectivity index (χ0) is 19.3. The number of ether oxygens (including phenoxy) is 5. The molecule has 0 fully saturated rings. The van der Waals surface area contributed by atoms with Gasteiger partial charge in [0.25, 0.3) is 0 Å². The van der Waals surface area contributed by atoms with Gasteiger partial charge in [-0.05, 0) is 18.2 Å². The third-order valence-corrected chi connectivity index (χ3v) is 3.84.